The third kappa shape index (κ3) is 5.32. The Labute approximate surface area is 206 Å². The van der Waals surface area contributed by atoms with Crippen molar-refractivity contribution in [2.45, 2.75) is 13.5 Å². The second-order valence-corrected chi connectivity index (χ2v) is 9.26. The predicted molar refractivity (Wildman–Crippen MR) is 134 cm³/mol. The van der Waals surface area contributed by atoms with Crippen molar-refractivity contribution < 1.29 is 18.7 Å². The number of esters is 1. The molecule has 0 radical (unpaired) electrons. The van der Waals surface area contributed by atoms with Crippen LogP contribution in [0.4, 0.5) is 4.39 Å². The lowest BCUT2D eigenvalue weighted by Gasteiger charge is -2.11. The van der Waals surface area contributed by atoms with Gasteiger partial charge in [0.1, 0.15) is 18.2 Å². The average Bonchev–Trinajstić information content (AvgIpc) is 3.08. The number of carbonyl (C=O) groups is 1. The number of aryl methyl sites for hydroxylation is 1. The number of hydrogen-bond acceptors (Lipinski definition) is 4. The van der Waals surface area contributed by atoms with Crippen molar-refractivity contribution in [2.24, 2.45) is 4.99 Å². The zero-order chi connectivity index (χ0) is 22.0. The lowest BCUT2D eigenvalue weighted by molar-refractivity contribution is -0.129. The van der Waals surface area contributed by atoms with Crippen molar-refractivity contribution in [3.8, 4) is 5.75 Å². The molecule has 0 saturated carbocycles. The number of aliphatic imine (C=N–C) groups is 1. The lowest BCUT2D eigenvalue weighted by atomic mass is 10.1. The van der Waals surface area contributed by atoms with E-state index in [-0.39, 0.29) is 18.1 Å². The molecule has 0 atom stereocenters. The van der Waals surface area contributed by atoms with Gasteiger partial charge in [-0.3, -0.25) is 0 Å². The number of ether oxygens (including phenoxy) is 2. The first-order chi connectivity index (χ1) is 14.9. The van der Waals surface area contributed by atoms with E-state index in [0.717, 1.165) is 29.4 Å². The first-order valence-corrected chi connectivity index (χ1v) is 11.5. The zero-order valence-corrected chi connectivity index (χ0v) is 20.7. The van der Waals surface area contributed by atoms with Gasteiger partial charge in [-0.05, 0) is 106 Å². The van der Waals surface area contributed by atoms with Crippen LogP contribution < -0.4 is 4.74 Å². The van der Waals surface area contributed by atoms with Gasteiger partial charge in [-0.15, -0.1) is 0 Å². The molecule has 1 heterocycles. The van der Waals surface area contributed by atoms with Gasteiger partial charge in [-0.1, -0.05) is 29.8 Å². The van der Waals surface area contributed by atoms with Crippen LogP contribution in [0.3, 0.4) is 0 Å². The molecule has 0 bridgehead atoms. The van der Waals surface area contributed by atoms with Crippen LogP contribution in [0, 0.1) is 19.9 Å². The van der Waals surface area contributed by atoms with Crippen LogP contribution >= 0.6 is 45.2 Å². The summed E-state index contributed by atoms with van der Waals surface area (Å²) in [6.07, 6.45) is 1.70. The normalized spacial score (nSPS) is 14.5. The van der Waals surface area contributed by atoms with Crippen molar-refractivity contribution in [3.05, 3.63) is 102 Å². The molecule has 0 saturated heterocycles. The van der Waals surface area contributed by atoms with Gasteiger partial charge in [0.2, 0.25) is 5.90 Å². The highest BCUT2D eigenvalue weighted by atomic mass is 127. The predicted octanol–water partition coefficient (Wildman–Crippen LogP) is 6.27. The quantitative estimate of drug-likeness (QED) is 0.188. The molecule has 3 aromatic rings. The van der Waals surface area contributed by atoms with Crippen molar-refractivity contribution in [2.75, 3.05) is 0 Å². The maximum atomic E-state index is 13.4. The second kappa shape index (κ2) is 9.47. The Hall–Kier alpha value is -2.27. The standard InChI is InChI=1S/C24H16FI2NO3/c1-14-5-7-17(8-6-14)23-28-21(24(29)31-23)12-16-10-19(26)22(20(27)11-16)30-13-15-3-2-4-18(25)9-15/h2-12H,13H2,1H3/b21-12-. The molecule has 3 aromatic carbocycles. The summed E-state index contributed by atoms with van der Waals surface area (Å²) in [5.41, 5.74) is 3.69. The smallest absolute Gasteiger partial charge is 0.363 e. The van der Waals surface area contributed by atoms with Crippen LogP contribution in [0.25, 0.3) is 6.08 Å². The Bertz CT molecular complexity index is 1200. The van der Waals surface area contributed by atoms with E-state index < -0.39 is 5.97 Å². The third-order valence-corrected chi connectivity index (χ3v) is 6.12. The maximum Gasteiger partial charge on any atom is 0.363 e. The summed E-state index contributed by atoms with van der Waals surface area (Å²) >= 11 is 4.37. The minimum absolute atomic E-state index is 0.246. The Morgan fingerprint density at radius 2 is 1.77 bits per heavy atom. The monoisotopic (exact) mass is 639 g/mol. The van der Waals surface area contributed by atoms with Crippen LogP contribution in [-0.2, 0) is 16.1 Å². The number of hydrogen-bond donors (Lipinski definition) is 0. The minimum Gasteiger partial charge on any atom is -0.487 e. The van der Waals surface area contributed by atoms with Gasteiger partial charge in [0.05, 0.1) is 7.14 Å². The summed E-state index contributed by atoms with van der Waals surface area (Å²) in [7, 11) is 0. The fourth-order valence-electron chi connectivity index (χ4n) is 2.97. The molecule has 1 aliphatic heterocycles. The van der Waals surface area contributed by atoms with Gasteiger partial charge >= 0.3 is 5.97 Å². The molecule has 0 aliphatic carbocycles. The molecule has 0 fully saturated rings. The van der Waals surface area contributed by atoms with Crippen molar-refractivity contribution in [3.63, 3.8) is 0 Å². The molecule has 1 aliphatic rings. The van der Waals surface area contributed by atoms with E-state index in [1.807, 2.05) is 49.4 Å². The molecule has 4 rings (SSSR count). The molecule has 0 N–H and O–H groups in total. The van der Waals surface area contributed by atoms with E-state index in [1.54, 1.807) is 12.1 Å². The summed E-state index contributed by atoms with van der Waals surface area (Å²) < 4.78 is 26.4. The van der Waals surface area contributed by atoms with Crippen LogP contribution in [-0.4, -0.2) is 11.9 Å². The maximum absolute atomic E-state index is 13.4. The van der Waals surface area contributed by atoms with Crippen LogP contribution in [0.15, 0.2) is 71.4 Å². The number of nitrogens with zero attached hydrogens (tertiary/aromatic N) is 1. The fourth-order valence-corrected chi connectivity index (χ4v) is 5.10. The molecule has 0 spiro atoms. The largest absolute Gasteiger partial charge is 0.487 e. The molecular weight excluding hydrogens is 623 g/mol. The summed E-state index contributed by atoms with van der Waals surface area (Å²) in [4.78, 5) is 16.7. The van der Waals surface area contributed by atoms with Gasteiger partial charge in [0, 0.05) is 5.56 Å². The Morgan fingerprint density at radius 3 is 2.45 bits per heavy atom. The Kier molecular flexibility index (Phi) is 6.71. The minimum atomic E-state index is -0.480. The van der Waals surface area contributed by atoms with Gasteiger partial charge in [-0.2, -0.15) is 0 Å². The molecule has 0 aromatic heterocycles. The first-order valence-electron chi connectivity index (χ1n) is 9.35. The number of benzene rings is 3. The van der Waals surface area contributed by atoms with Crippen LogP contribution in [0.5, 0.6) is 5.75 Å². The summed E-state index contributed by atoms with van der Waals surface area (Å²) in [5, 5.41) is 0. The van der Waals surface area contributed by atoms with E-state index in [4.69, 9.17) is 9.47 Å². The second-order valence-electron chi connectivity index (χ2n) is 6.93. The molecule has 0 unspecified atom stereocenters. The summed E-state index contributed by atoms with van der Waals surface area (Å²) in [5.74, 6) is 0.245. The number of halogens is 3. The van der Waals surface area contributed by atoms with E-state index in [0.29, 0.717) is 11.6 Å². The van der Waals surface area contributed by atoms with Gasteiger partial charge in [0.15, 0.2) is 5.70 Å². The number of carbonyl (C=O) groups excluding carboxylic acids is 1. The number of rotatable bonds is 5. The van der Waals surface area contributed by atoms with Crippen LogP contribution in [0.2, 0.25) is 0 Å². The summed E-state index contributed by atoms with van der Waals surface area (Å²) in [6.45, 7) is 2.26. The molecule has 7 heteroatoms. The zero-order valence-electron chi connectivity index (χ0n) is 16.4. The molecule has 4 nitrogen and oxygen atoms in total. The summed E-state index contributed by atoms with van der Waals surface area (Å²) in [6, 6.07) is 17.8. The first kappa shape index (κ1) is 21.9. The topological polar surface area (TPSA) is 47.9 Å². The van der Waals surface area contributed by atoms with E-state index >= 15 is 0 Å². The van der Waals surface area contributed by atoms with E-state index in [2.05, 4.69) is 50.2 Å². The molecule has 31 heavy (non-hydrogen) atoms. The lowest BCUT2D eigenvalue weighted by Crippen LogP contribution is -2.05. The number of cyclic esters (lactones) is 1. The highest BCUT2D eigenvalue weighted by molar-refractivity contribution is 14.1. The van der Waals surface area contributed by atoms with Crippen molar-refractivity contribution in [1.29, 1.82) is 0 Å². The van der Waals surface area contributed by atoms with Crippen molar-refractivity contribution in [1.82, 2.24) is 0 Å². The Balaban J connectivity index is 1.55. The average molecular weight is 639 g/mol. The van der Waals surface area contributed by atoms with E-state index in [1.165, 1.54) is 12.1 Å². The van der Waals surface area contributed by atoms with Crippen LogP contribution in [0.1, 0.15) is 22.3 Å². The van der Waals surface area contributed by atoms with Gasteiger partial charge in [-0.25, -0.2) is 14.2 Å². The van der Waals surface area contributed by atoms with Crippen molar-refractivity contribution >= 4 is 63.1 Å². The molecular formula is C24H16FI2NO3. The highest BCUT2D eigenvalue weighted by Gasteiger charge is 2.24. The molecule has 0 amide bonds. The fraction of sp³-hybridized carbons (Fsp3) is 0.0833. The van der Waals surface area contributed by atoms with Gasteiger partial charge in [0.25, 0.3) is 0 Å². The Morgan fingerprint density at radius 1 is 1.06 bits per heavy atom. The SMILES string of the molecule is Cc1ccc(C2=N/C(=C\c3cc(I)c(OCc4cccc(F)c4)c(I)c3)C(=O)O2)cc1. The van der Waals surface area contributed by atoms with Gasteiger partial charge < -0.3 is 9.47 Å². The highest BCUT2D eigenvalue weighted by Crippen LogP contribution is 2.31. The van der Waals surface area contributed by atoms with E-state index in [9.17, 15) is 9.18 Å². The molecule has 156 valence electrons. The third-order valence-electron chi connectivity index (χ3n) is 4.52.